The van der Waals surface area contributed by atoms with Gasteiger partial charge in [0, 0.05) is 87.4 Å². The third kappa shape index (κ3) is 8.61. The summed E-state index contributed by atoms with van der Waals surface area (Å²) in [5, 5.41) is 33.2. The molecule has 3 N–H and O–H groups in total. The Bertz CT molecular complexity index is 2560. The maximum Gasteiger partial charge on any atom is 0.329 e. The zero-order valence-electron chi connectivity index (χ0n) is 36.8. The number of aromatic nitrogens is 6. The molecule has 0 bridgehead atoms. The smallest absolute Gasteiger partial charge is 0.329 e. The van der Waals surface area contributed by atoms with E-state index in [2.05, 4.69) is 24.9 Å². The second kappa shape index (κ2) is 18.6. The highest BCUT2D eigenvalue weighted by Gasteiger charge is 2.36. The topological polar surface area (TPSA) is 159 Å². The fourth-order valence-corrected chi connectivity index (χ4v) is 10.6. The van der Waals surface area contributed by atoms with Crippen molar-refractivity contribution in [3.05, 3.63) is 81.7 Å². The number of anilines is 2. The van der Waals surface area contributed by atoms with Gasteiger partial charge in [-0.2, -0.15) is 10.2 Å². The monoisotopic (exact) mass is 882 g/mol. The van der Waals surface area contributed by atoms with Crippen molar-refractivity contribution in [1.29, 1.82) is 0 Å². The number of aryl methyl sites for hydroxylation is 3. The normalized spacial score (nSPS) is 20.2. The van der Waals surface area contributed by atoms with Crippen LogP contribution < -0.4 is 15.9 Å². The second-order valence-electron chi connectivity index (χ2n) is 18.1. The molecule has 7 heterocycles. The number of unbranched alkanes of at least 4 members (excludes halogenated alkanes) is 4. The molecule has 5 aromatic rings. The summed E-state index contributed by atoms with van der Waals surface area (Å²) >= 11 is 0. The minimum Gasteiger partial charge on any atom is -0.378 e. The molecule has 4 aliphatic rings. The van der Waals surface area contributed by atoms with E-state index < -0.39 is 24.9 Å². The molecule has 0 radical (unpaired) electrons. The number of rotatable bonds is 14. The number of fused-ring (bicyclic) bond motifs is 3. The maximum atomic E-state index is 14.7. The quantitative estimate of drug-likeness (QED) is 0.112. The Kier molecular flexibility index (Phi) is 12.7. The molecular weight excluding hydrogens is 823 g/mol. The summed E-state index contributed by atoms with van der Waals surface area (Å²) in [7, 11) is 1.78. The molecule has 3 atom stereocenters. The van der Waals surface area contributed by atoms with Gasteiger partial charge < -0.3 is 25.3 Å². The highest BCUT2D eigenvalue weighted by molar-refractivity contribution is 5.85. The van der Waals surface area contributed by atoms with Crippen LogP contribution >= 0.6 is 0 Å². The molecule has 2 aromatic carbocycles. The van der Waals surface area contributed by atoms with Gasteiger partial charge in [-0.25, -0.2) is 13.6 Å². The van der Waals surface area contributed by atoms with E-state index in [0.29, 0.717) is 63.0 Å². The number of halogens is 2. The first-order valence-corrected chi connectivity index (χ1v) is 23.1. The number of nitrogens with zero attached hydrogens (tertiary/aromatic N) is 9. The Hall–Kier alpha value is -5.39. The average Bonchev–Trinajstić information content (AvgIpc) is 3.98. The number of amides is 2. The second-order valence-corrected chi connectivity index (χ2v) is 18.1. The van der Waals surface area contributed by atoms with Crippen molar-refractivity contribution in [2.75, 3.05) is 31.1 Å². The number of imidazole rings is 1. The van der Waals surface area contributed by atoms with E-state index in [4.69, 9.17) is 5.10 Å². The zero-order valence-corrected chi connectivity index (χ0v) is 36.8. The molecule has 3 unspecified atom stereocenters. The van der Waals surface area contributed by atoms with Crippen LogP contribution in [0.1, 0.15) is 118 Å². The minimum absolute atomic E-state index is 0.00113. The lowest BCUT2D eigenvalue weighted by atomic mass is 9.92. The van der Waals surface area contributed by atoms with Gasteiger partial charge in [-0.3, -0.25) is 33.0 Å². The SMILES string of the molecule is CC(=O)N1CCc2c(c(N3CCCc4cc(-c5cnn(C)c5)c(C(F)F)cc43)nn2C2CCN(C(O)CCCCCCCn3c(=O)n(C4CCC(O)NC4=O)c4ccccc43)CC2)C1. The van der Waals surface area contributed by atoms with Gasteiger partial charge in [-0.15, -0.1) is 0 Å². The molecule has 0 saturated carbocycles. The van der Waals surface area contributed by atoms with Crippen molar-refractivity contribution in [1.82, 2.24) is 43.8 Å². The van der Waals surface area contributed by atoms with Crippen molar-refractivity contribution in [2.24, 2.45) is 7.05 Å². The predicted octanol–water partition coefficient (Wildman–Crippen LogP) is 6.09. The van der Waals surface area contributed by atoms with Gasteiger partial charge in [0.05, 0.1) is 29.8 Å². The first-order chi connectivity index (χ1) is 31.0. The Morgan fingerprint density at radius 1 is 0.953 bits per heavy atom. The molecule has 9 rings (SSSR count). The number of carbonyl (C=O) groups is 2. The third-order valence-electron chi connectivity index (χ3n) is 14.0. The molecule has 3 aromatic heterocycles. The number of alkyl halides is 2. The average molecular weight is 883 g/mol. The molecule has 0 spiro atoms. The Labute approximate surface area is 371 Å². The molecule has 2 fully saturated rings. The molecule has 15 nitrogen and oxygen atoms in total. The van der Waals surface area contributed by atoms with Crippen molar-refractivity contribution in [2.45, 2.75) is 134 Å². The van der Waals surface area contributed by atoms with E-state index in [1.54, 1.807) is 46.2 Å². The summed E-state index contributed by atoms with van der Waals surface area (Å²) in [6, 6.07) is 10.6. The summed E-state index contributed by atoms with van der Waals surface area (Å²) in [6.07, 6.45) is 9.25. The fourth-order valence-electron chi connectivity index (χ4n) is 10.6. The van der Waals surface area contributed by atoms with Gasteiger partial charge in [-0.1, -0.05) is 31.4 Å². The molecule has 2 saturated heterocycles. The minimum atomic E-state index is -2.67. The molecule has 2 amide bonds. The number of hydrogen-bond acceptors (Lipinski definition) is 9. The van der Waals surface area contributed by atoms with Crippen LogP contribution in [-0.2, 0) is 42.6 Å². The van der Waals surface area contributed by atoms with Crippen LogP contribution in [0.5, 0.6) is 0 Å². The Balaban J connectivity index is 0.808. The number of nitrogens with one attached hydrogen (secondary N) is 1. The third-order valence-corrected chi connectivity index (χ3v) is 14.0. The lowest BCUT2D eigenvalue weighted by molar-refractivity contribution is -0.131. The van der Waals surface area contributed by atoms with Crippen LogP contribution in [0.25, 0.3) is 22.2 Å². The van der Waals surface area contributed by atoms with Gasteiger partial charge in [0.25, 0.3) is 6.43 Å². The van der Waals surface area contributed by atoms with Crippen LogP contribution in [-0.4, -0.2) is 99.2 Å². The molecule has 342 valence electrons. The lowest BCUT2D eigenvalue weighted by Gasteiger charge is -2.36. The number of para-hydroxylation sites is 2. The van der Waals surface area contributed by atoms with Gasteiger partial charge in [0.1, 0.15) is 18.5 Å². The van der Waals surface area contributed by atoms with Gasteiger partial charge in [-0.05, 0) is 93.2 Å². The van der Waals surface area contributed by atoms with Crippen LogP contribution in [0.4, 0.5) is 20.3 Å². The lowest BCUT2D eigenvalue weighted by Crippen LogP contribution is -2.46. The van der Waals surface area contributed by atoms with E-state index >= 15 is 0 Å². The molecular formula is C47H60F2N10O5. The Morgan fingerprint density at radius 2 is 1.72 bits per heavy atom. The number of aliphatic hydroxyl groups excluding tert-OH is 2. The van der Waals surface area contributed by atoms with Crippen LogP contribution in [0.2, 0.25) is 0 Å². The van der Waals surface area contributed by atoms with Gasteiger partial charge >= 0.3 is 5.69 Å². The molecule has 64 heavy (non-hydrogen) atoms. The first kappa shape index (κ1) is 43.8. The maximum absolute atomic E-state index is 14.7. The zero-order chi connectivity index (χ0) is 44.6. The van der Waals surface area contributed by atoms with Crippen LogP contribution in [0, 0.1) is 0 Å². The largest absolute Gasteiger partial charge is 0.378 e. The summed E-state index contributed by atoms with van der Waals surface area (Å²) in [5.74, 6) is 0.405. The van der Waals surface area contributed by atoms with Gasteiger partial charge in [0.15, 0.2) is 5.82 Å². The fraction of sp³-hybridized carbons (Fsp3) is 0.553. The number of hydrogen-bond donors (Lipinski definition) is 3. The predicted molar refractivity (Wildman–Crippen MR) is 238 cm³/mol. The summed E-state index contributed by atoms with van der Waals surface area (Å²) in [6.45, 7) is 5.24. The van der Waals surface area contributed by atoms with Crippen molar-refractivity contribution in [3.63, 3.8) is 0 Å². The molecule has 4 aliphatic heterocycles. The van der Waals surface area contributed by atoms with E-state index in [-0.39, 0.29) is 29.1 Å². The summed E-state index contributed by atoms with van der Waals surface area (Å²) in [5.41, 5.74) is 6.28. The van der Waals surface area contributed by atoms with Crippen molar-refractivity contribution >= 4 is 34.4 Å². The van der Waals surface area contributed by atoms with Gasteiger partial charge in [0.2, 0.25) is 11.8 Å². The number of carbonyl (C=O) groups excluding carboxylic acids is 2. The molecule has 17 heteroatoms. The first-order valence-electron chi connectivity index (χ1n) is 23.1. The highest BCUT2D eigenvalue weighted by atomic mass is 19.3. The number of aliphatic hydroxyl groups is 2. The number of likely N-dealkylation sites (tertiary alicyclic amines) is 1. The van der Waals surface area contributed by atoms with E-state index in [1.807, 2.05) is 35.2 Å². The molecule has 0 aliphatic carbocycles. The van der Waals surface area contributed by atoms with Crippen LogP contribution in [0.3, 0.4) is 0 Å². The van der Waals surface area contributed by atoms with Crippen LogP contribution in [0.15, 0.2) is 53.6 Å². The van der Waals surface area contributed by atoms with Crippen molar-refractivity contribution < 1.29 is 28.6 Å². The highest BCUT2D eigenvalue weighted by Crippen LogP contribution is 2.44. The summed E-state index contributed by atoms with van der Waals surface area (Å²) in [4.78, 5) is 45.1. The van der Waals surface area contributed by atoms with E-state index in [9.17, 15) is 33.4 Å². The number of piperidine rings is 2. The summed E-state index contributed by atoms with van der Waals surface area (Å²) < 4.78 is 36.5. The van der Waals surface area contributed by atoms with Crippen molar-refractivity contribution in [3.8, 4) is 11.1 Å². The van der Waals surface area contributed by atoms with E-state index in [1.165, 1.54) is 0 Å². The number of benzene rings is 2. The Morgan fingerprint density at radius 3 is 2.45 bits per heavy atom. The standard InChI is InChI=1S/C47H60F2N10O5/c1-30(60)55-24-19-37-36(29-55)45(56-21-10-11-31-25-34(32-27-50-53(2)28-32)35(44(48)49)26-41(31)56)52-59(37)33-17-22-54(23-18-33)43(62)14-6-4-3-5-9-20-57-38-12-7-8-13-39(38)58(47(57)64)40-15-16-42(61)51-46(40)63/h7-8,12-13,25-28,33,40,42-44,61-62H,3-6,9-11,14-24,29H2,1-2H3,(H,51,63). The van der Waals surface area contributed by atoms with E-state index in [0.717, 1.165) is 110 Å².